The number of rotatable bonds is 1. The number of amides is 1. The molecule has 1 unspecified atom stereocenters. The first-order valence-electron chi connectivity index (χ1n) is 5.16. The molecule has 82 valence electrons. The maximum Gasteiger partial charge on any atom is 0.286 e. The first-order valence-corrected chi connectivity index (χ1v) is 5.16. The Balaban J connectivity index is 2.40. The molecule has 1 aliphatic rings. The summed E-state index contributed by atoms with van der Waals surface area (Å²) in [6.07, 6.45) is 2.15. The third-order valence-corrected chi connectivity index (χ3v) is 2.76. The number of hydrogen-bond acceptors (Lipinski definition) is 3. The minimum Gasteiger partial charge on any atom is -0.419 e. The molecule has 0 aromatic heterocycles. The van der Waals surface area contributed by atoms with Gasteiger partial charge in [0, 0.05) is 25.5 Å². The van der Waals surface area contributed by atoms with Crippen LogP contribution in [0.1, 0.15) is 25.0 Å². The number of anilines is 1. The molecule has 4 heteroatoms. The lowest BCUT2D eigenvalue weighted by Gasteiger charge is -2.32. The van der Waals surface area contributed by atoms with Crippen molar-refractivity contribution in [2.45, 2.75) is 19.4 Å². The van der Waals surface area contributed by atoms with E-state index >= 15 is 0 Å². The summed E-state index contributed by atoms with van der Waals surface area (Å²) in [5.74, 6) is 0.0165. The molecule has 4 nitrogen and oxygen atoms in total. The van der Waals surface area contributed by atoms with E-state index in [0.29, 0.717) is 13.0 Å². The molecule has 0 N–H and O–H groups in total. The Kier molecular flexibility index (Phi) is 2.78. The van der Waals surface area contributed by atoms with Gasteiger partial charge in [0.05, 0.1) is 5.69 Å². The molecule has 1 amide bonds. The Labute approximate surface area is 94.0 Å². The number of benzene rings is 1. The van der Waals surface area contributed by atoms with Gasteiger partial charge in [-0.25, -0.2) is 0 Å². The highest BCUT2D eigenvalue weighted by Crippen LogP contribution is 2.35. The van der Waals surface area contributed by atoms with E-state index in [9.17, 15) is 4.79 Å². The van der Waals surface area contributed by atoms with Crippen LogP contribution in [0.5, 0.6) is 0 Å². The van der Waals surface area contributed by atoms with E-state index in [1.165, 1.54) is 0 Å². The highest BCUT2D eigenvalue weighted by molar-refractivity contribution is 5.92. The molecular weight excluding hydrogens is 204 g/mol. The molecule has 0 bridgehead atoms. The van der Waals surface area contributed by atoms with Crippen LogP contribution in [0, 0.1) is 11.5 Å². The van der Waals surface area contributed by atoms with E-state index in [4.69, 9.17) is 10.00 Å². The fourth-order valence-corrected chi connectivity index (χ4v) is 2.04. The van der Waals surface area contributed by atoms with Crippen LogP contribution >= 0.6 is 0 Å². The predicted molar refractivity (Wildman–Crippen MR) is 58.5 cm³/mol. The van der Waals surface area contributed by atoms with E-state index in [1.54, 1.807) is 18.1 Å². The molecule has 1 aliphatic heterocycles. The summed E-state index contributed by atoms with van der Waals surface area (Å²) in [6.45, 7) is 2.14. The smallest absolute Gasteiger partial charge is 0.286 e. The topological polar surface area (TPSA) is 53.3 Å². The van der Waals surface area contributed by atoms with Gasteiger partial charge in [-0.2, -0.15) is 5.26 Å². The zero-order valence-corrected chi connectivity index (χ0v) is 9.01. The number of ether oxygens (including phenoxy) is 1. The molecule has 1 aromatic carbocycles. The fourth-order valence-electron chi connectivity index (χ4n) is 2.04. The number of hydrogen-bond donors (Lipinski definition) is 0. The number of carbonyl (C=O) groups excluding carboxylic acids is 1. The normalized spacial score (nSPS) is 18.5. The first kappa shape index (κ1) is 10.5. The van der Waals surface area contributed by atoms with Crippen LogP contribution in [0.3, 0.4) is 0 Å². The van der Waals surface area contributed by atoms with Crippen LogP contribution in [0.4, 0.5) is 5.69 Å². The van der Waals surface area contributed by atoms with Crippen LogP contribution in [0.25, 0.3) is 0 Å². The van der Waals surface area contributed by atoms with E-state index in [1.807, 2.05) is 24.3 Å². The van der Waals surface area contributed by atoms with Gasteiger partial charge in [-0.05, 0) is 6.07 Å². The summed E-state index contributed by atoms with van der Waals surface area (Å²) in [7, 11) is 0. The molecule has 1 atom stereocenters. The van der Waals surface area contributed by atoms with Gasteiger partial charge in [-0.1, -0.05) is 18.2 Å². The van der Waals surface area contributed by atoms with Gasteiger partial charge in [0.25, 0.3) is 6.26 Å². The lowest BCUT2D eigenvalue weighted by atomic mass is 9.99. The fraction of sp³-hybridized carbons (Fsp3) is 0.333. The van der Waals surface area contributed by atoms with Crippen LogP contribution in [-0.4, -0.2) is 12.5 Å². The van der Waals surface area contributed by atoms with Crippen LogP contribution in [0.15, 0.2) is 24.3 Å². The van der Waals surface area contributed by atoms with Crippen LogP contribution in [0.2, 0.25) is 0 Å². The SMILES string of the molecule is CC(=O)N1CCC(OC#N)c2ccccc21. The van der Waals surface area contributed by atoms with Gasteiger partial charge in [0.2, 0.25) is 5.91 Å². The second-order valence-electron chi connectivity index (χ2n) is 3.72. The van der Waals surface area contributed by atoms with Crippen LogP contribution < -0.4 is 4.90 Å². The number of fused-ring (bicyclic) bond motifs is 1. The molecular formula is C12H12N2O2. The third kappa shape index (κ3) is 1.72. The number of para-hydroxylation sites is 1. The van der Waals surface area contributed by atoms with Gasteiger partial charge in [-0.15, -0.1) is 0 Å². The molecule has 0 fully saturated rings. The Morgan fingerprint density at radius 1 is 1.56 bits per heavy atom. The molecule has 0 saturated heterocycles. The van der Waals surface area contributed by atoms with Crippen molar-refractivity contribution in [2.75, 3.05) is 11.4 Å². The molecule has 0 saturated carbocycles. The monoisotopic (exact) mass is 216 g/mol. The van der Waals surface area contributed by atoms with Crippen molar-refractivity contribution in [3.8, 4) is 6.26 Å². The lowest BCUT2D eigenvalue weighted by molar-refractivity contribution is -0.116. The van der Waals surface area contributed by atoms with Gasteiger partial charge in [-0.3, -0.25) is 4.79 Å². The van der Waals surface area contributed by atoms with E-state index < -0.39 is 0 Å². The maximum atomic E-state index is 11.4. The van der Waals surface area contributed by atoms with Crippen molar-refractivity contribution in [1.82, 2.24) is 0 Å². The largest absolute Gasteiger partial charge is 0.419 e. The average Bonchev–Trinajstić information content (AvgIpc) is 2.29. The molecule has 1 heterocycles. The van der Waals surface area contributed by atoms with Gasteiger partial charge < -0.3 is 9.64 Å². The summed E-state index contributed by atoms with van der Waals surface area (Å²) in [5, 5.41) is 8.57. The highest BCUT2D eigenvalue weighted by atomic mass is 16.5. The second kappa shape index (κ2) is 4.23. The van der Waals surface area contributed by atoms with Crippen molar-refractivity contribution >= 4 is 11.6 Å². The predicted octanol–water partition coefficient (Wildman–Crippen LogP) is 1.98. The first-order chi connectivity index (χ1) is 7.74. The summed E-state index contributed by atoms with van der Waals surface area (Å²) in [6, 6.07) is 7.54. The highest BCUT2D eigenvalue weighted by Gasteiger charge is 2.27. The Morgan fingerprint density at radius 3 is 3.00 bits per heavy atom. The third-order valence-electron chi connectivity index (χ3n) is 2.76. The standard InChI is InChI=1S/C12H12N2O2/c1-9(15)14-7-6-12(16-8-13)10-4-2-3-5-11(10)14/h2-5,12H,6-7H2,1H3. The van der Waals surface area contributed by atoms with E-state index in [2.05, 4.69) is 0 Å². The molecule has 2 rings (SSSR count). The number of nitrogens with zero attached hydrogens (tertiary/aromatic N) is 2. The Bertz CT molecular complexity index is 451. The second-order valence-corrected chi connectivity index (χ2v) is 3.72. The Hall–Kier alpha value is -2.02. The molecule has 1 aromatic rings. The quantitative estimate of drug-likeness (QED) is 0.674. The van der Waals surface area contributed by atoms with Crippen molar-refractivity contribution in [3.05, 3.63) is 29.8 Å². The summed E-state index contributed by atoms with van der Waals surface area (Å²) in [4.78, 5) is 13.2. The minimum atomic E-state index is -0.225. The van der Waals surface area contributed by atoms with E-state index in [-0.39, 0.29) is 12.0 Å². The number of nitriles is 1. The molecule has 0 radical (unpaired) electrons. The summed E-state index contributed by atoms with van der Waals surface area (Å²) in [5.41, 5.74) is 1.76. The number of carbonyl (C=O) groups is 1. The van der Waals surface area contributed by atoms with Crippen molar-refractivity contribution in [2.24, 2.45) is 0 Å². The summed E-state index contributed by atoms with van der Waals surface area (Å²) < 4.78 is 5.00. The van der Waals surface area contributed by atoms with Crippen molar-refractivity contribution < 1.29 is 9.53 Å². The zero-order valence-electron chi connectivity index (χ0n) is 9.01. The van der Waals surface area contributed by atoms with Crippen molar-refractivity contribution in [1.29, 1.82) is 5.26 Å². The Morgan fingerprint density at radius 2 is 2.31 bits per heavy atom. The zero-order chi connectivity index (χ0) is 11.5. The molecule has 0 spiro atoms. The average molecular weight is 216 g/mol. The molecule has 0 aliphatic carbocycles. The summed E-state index contributed by atoms with van der Waals surface area (Å²) >= 11 is 0. The molecule has 16 heavy (non-hydrogen) atoms. The van der Waals surface area contributed by atoms with Crippen LogP contribution in [-0.2, 0) is 9.53 Å². The van der Waals surface area contributed by atoms with Gasteiger partial charge in [0.15, 0.2) is 0 Å². The minimum absolute atomic E-state index is 0.0165. The van der Waals surface area contributed by atoms with E-state index in [0.717, 1.165) is 11.3 Å². The lowest BCUT2D eigenvalue weighted by Crippen LogP contribution is -2.35. The maximum absolute atomic E-state index is 11.4. The van der Waals surface area contributed by atoms with Gasteiger partial charge in [0.1, 0.15) is 6.10 Å². The van der Waals surface area contributed by atoms with Crippen molar-refractivity contribution in [3.63, 3.8) is 0 Å². The van der Waals surface area contributed by atoms with Gasteiger partial charge >= 0.3 is 0 Å².